The highest BCUT2D eigenvalue weighted by atomic mass is 19.1. The van der Waals surface area contributed by atoms with E-state index in [1.54, 1.807) is 24.3 Å². The minimum atomic E-state index is -0.909. The molecule has 0 saturated carbocycles. The molecule has 2 aromatic carbocycles. The van der Waals surface area contributed by atoms with E-state index in [0.29, 0.717) is 0 Å². The standard InChI is InChI=1S/C17H13F2NO3/c18-13-7-4-8-14(19)17(13)20-15(21)11-23-16(22)10-9-12-5-2-1-3-6-12/h1-10H,11H2,(H,20,21)/b10-9+. The molecule has 0 saturated heterocycles. The maximum absolute atomic E-state index is 13.3. The average Bonchev–Trinajstić information content (AvgIpc) is 2.55. The van der Waals surface area contributed by atoms with Crippen molar-refractivity contribution in [1.82, 2.24) is 0 Å². The van der Waals surface area contributed by atoms with Crippen molar-refractivity contribution in [3.05, 3.63) is 71.8 Å². The second kappa shape index (κ2) is 7.84. The molecule has 0 aromatic heterocycles. The average molecular weight is 317 g/mol. The number of rotatable bonds is 5. The summed E-state index contributed by atoms with van der Waals surface area (Å²) in [4.78, 5) is 23.0. The molecule has 2 aromatic rings. The Morgan fingerprint density at radius 2 is 1.65 bits per heavy atom. The third kappa shape index (κ3) is 5.03. The highest BCUT2D eigenvalue weighted by Gasteiger charge is 2.12. The Kier molecular flexibility index (Phi) is 5.57. The van der Waals surface area contributed by atoms with Crippen LogP contribution in [-0.2, 0) is 14.3 Å². The van der Waals surface area contributed by atoms with Crippen molar-refractivity contribution in [1.29, 1.82) is 0 Å². The van der Waals surface area contributed by atoms with Gasteiger partial charge >= 0.3 is 5.97 Å². The third-order valence-corrected chi connectivity index (χ3v) is 2.78. The number of benzene rings is 2. The van der Waals surface area contributed by atoms with E-state index in [1.807, 2.05) is 11.4 Å². The van der Waals surface area contributed by atoms with Gasteiger partial charge in [0.2, 0.25) is 0 Å². The van der Waals surface area contributed by atoms with Crippen molar-refractivity contribution in [2.45, 2.75) is 0 Å². The van der Waals surface area contributed by atoms with Gasteiger partial charge in [0.05, 0.1) is 0 Å². The highest BCUT2D eigenvalue weighted by Crippen LogP contribution is 2.17. The zero-order valence-corrected chi connectivity index (χ0v) is 12.0. The maximum Gasteiger partial charge on any atom is 0.331 e. The number of carbonyl (C=O) groups is 2. The molecule has 4 nitrogen and oxygen atoms in total. The first-order chi connectivity index (χ1) is 11.1. The molecule has 118 valence electrons. The summed E-state index contributed by atoms with van der Waals surface area (Å²) in [7, 11) is 0. The fourth-order valence-corrected chi connectivity index (χ4v) is 1.71. The quantitative estimate of drug-likeness (QED) is 0.681. The summed E-state index contributed by atoms with van der Waals surface area (Å²) in [6.07, 6.45) is 2.68. The van der Waals surface area contributed by atoms with Crippen LogP contribution in [0.15, 0.2) is 54.6 Å². The van der Waals surface area contributed by atoms with E-state index in [-0.39, 0.29) is 0 Å². The van der Waals surface area contributed by atoms with Gasteiger partial charge in [-0.05, 0) is 23.8 Å². The lowest BCUT2D eigenvalue weighted by molar-refractivity contribution is -0.142. The molecule has 1 amide bonds. The largest absolute Gasteiger partial charge is 0.452 e. The Hall–Kier alpha value is -3.02. The number of ether oxygens (including phenoxy) is 1. The summed E-state index contributed by atoms with van der Waals surface area (Å²) in [5, 5.41) is 2.02. The molecule has 23 heavy (non-hydrogen) atoms. The molecule has 1 N–H and O–H groups in total. The van der Waals surface area contributed by atoms with Crippen molar-refractivity contribution >= 4 is 23.6 Å². The number of para-hydroxylation sites is 1. The molecule has 2 rings (SSSR count). The minimum absolute atomic E-state index is 0.576. The van der Waals surface area contributed by atoms with E-state index < -0.39 is 35.8 Å². The number of esters is 1. The van der Waals surface area contributed by atoms with Crippen molar-refractivity contribution in [2.24, 2.45) is 0 Å². The molecule has 0 bridgehead atoms. The van der Waals surface area contributed by atoms with E-state index in [4.69, 9.17) is 4.74 Å². The fraction of sp³-hybridized carbons (Fsp3) is 0.0588. The Labute approximate surface area is 131 Å². The topological polar surface area (TPSA) is 55.4 Å². The van der Waals surface area contributed by atoms with Crippen molar-refractivity contribution in [3.63, 3.8) is 0 Å². The van der Waals surface area contributed by atoms with Crippen molar-refractivity contribution in [3.8, 4) is 0 Å². The van der Waals surface area contributed by atoms with Crippen LogP contribution in [0.1, 0.15) is 5.56 Å². The van der Waals surface area contributed by atoms with Gasteiger partial charge in [-0.1, -0.05) is 36.4 Å². The van der Waals surface area contributed by atoms with E-state index in [1.165, 1.54) is 12.1 Å². The number of hydrogen-bond donors (Lipinski definition) is 1. The first kappa shape index (κ1) is 16.4. The summed E-state index contributed by atoms with van der Waals surface area (Å²) in [5.41, 5.74) is 0.218. The number of nitrogens with one attached hydrogen (secondary N) is 1. The van der Waals surface area contributed by atoms with E-state index >= 15 is 0 Å². The molecule has 0 heterocycles. The van der Waals surface area contributed by atoms with Crippen molar-refractivity contribution in [2.75, 3.05) is 11.9 Å². The Morgan fingerprint density at radius 3 is 2.30 bits per heavy atom. The first-order valence-electron chi connectivity index (χ1n) is 6.70. The van der Waals surface area contributed by atoms with Gasteiger partial charge in [0.25, 0.3) is 5.91 Å². The fourth-order valence-electron chi connectivity index (χ4n) is 1.71. The van der Waals surface area contributed by atoms with Crippen LogP contribution in [0.3, 0.4) is 0 Å². The number of halogens is 2. The van der Waals surface area contributed by atoms with Crippen LogP contribution < -0.4 is 5.32 Å². The minimum Gasteiger partial charge on any atom is -0.452 e. The summed E-state index contributed by atoms with van der Waals surface area (Å²) in [5.74, 6) is -3.39. The van der Waals surface area contributed by atoms with E-state index in [0.717, 1.165) is 23.8 Å². The Balaban J connectivity index is 1.85. The normalized spacial score (nSPS) is 10.5. The molecule has 0 unspecified atom stereocenters. The van der Waals surface area contributed by atoms with Gasteiger partial charge in [-0.2, -0.15) is 0 Å². The van der Waals surface area contributed by atoms with Gasteiger partial charge in [-0.3, -0.25) is 4.79 Å². The summed E-state index contributed by atoms with van der Waals surface area (Å²) in [6.45, 7) is -0.647. The second-order valence-corrected chi connectivity index (χ2v) is 4.50. The zero-order chi connectivity index (χ0) is 16.7. The second-order valence-electron chi connectivity index (χ2n) is 4.50. The SMILES string of the molecule is O=C(COC(=O)/C=C/c1ccccc1)Nc1c(F)cccc1F. The Morgan fingerprint density at radius 1 is 1.00 bits per heavy atom. The predicted octanol–water partition coefficient (Wildman–Crippen LogP) is 3.16. The predicted molar refractivity (Wildman–Crippen MR) is 81.4 cm³/mol. The van der Waals surface area contributed by atoms with Crippen LogP contribution in [-0.4, -0.2) is 18.5 Å². The molecule has 0 aliphatic carbocycles. The highest BCUT2D eigenvalue weighted by molar-refractivity contribution is 5.94. The van der Waals surface area contributed by atoms with Gasteiger partial charge in [-0.25, -0.2) is 13.6 Å². The van der Waals surface area contributed by atoms with Crippen LogP contribution in [0, 0.1) is 11.6 Å². The molecule has 0 aliphatic rings. The summed E-state index contributed by atoms with van der Waals surface area (Å²) >= 11 is 0. The summed E-state index contributed by atoms with van der Waals surface area (Å²) < 4.78 is 31.4. The van der Waals surface area contributed by atoms with Gasteiger partial charge in [0.1, 0.15) is 17.3 Å². The number of amides is 1. The number of anilines is 1. The maximum atomic E-state index is 13.3. The molecule has 0 aliphatic heterocycles. The zero-order valence-electron chi connectivity index (χ0n) is 12.0. The van der Waals surface area contributed by atoms with Gasteiger partial charge < -0.3 is 10.1 Å². The molecule has 0 atom stereocenters. The number of hydrogen-bond acceptors (Lipinski definition) is 3. The Bertz CT molecular complexity index is 710. The molecular weight excluding hydrogens is 304 g/mol. The lowest BCUT2D eigenvalue weighted by Gasteiger charge is -2.07. The molecule has 6 heteroatoms. The van der Waals surface area contributed by atoms with Crippen LogP contribution in [0.5, 0.6) is 0 Å². The number of carbonyl (C=O) groups excluding carboxylic acids is 2. The van der Waals surface area contributed by atoms with Crippen LogP contribution in [0.4, 0.5) is 14.5 Å². The molecule has 0 fully saturated rings. The van der Waals surface area contributed by atoms with Crippen LogP contribution in [0.25, 0.3) is 6.08 Å². The lowest BCUT2D eigenvalue weighted by Crippen LogP contribution is -2.21. The molecule has 0 spiro atoms. The van der Waals surface area contributed by atoms with Crippen LogP contribution in [0.2, 0.25) is 0 Å². The van der Waals surface area contributed by atoms with Gasteiger partial charge in [0.15, 0.2) is 6.61 Å². The molecule has 0 radical (unpaired) electrons. The van der Waals surface area contributed by atoms with E-state index in [2.05, 4.69) is 0 Å². The smallest absolute Gasteiger partial charge is 0.331 e. The van der Waals surface area contributed by atoms with E-state index in [9.17, 15) is 18.4 Å². The third-order valence-electron chi connectivity index (χ3n) is 2.78. The molecular formula is C17H13F2NO3. The van der Waals surface area contributed by atoms with Gasteiger partial charge in [-0.15, -0.1) is 0 Å². The van der Waals surface area contributed by atoms with Crippen molar-refractivity contribution < 1.29 is 23.1 Å². The first-order valence-corrected chi connectivity index (χ1v) is 6.70. The van der Waals surface area contributed by atoms with Gasteiger partial charge in [0, 0.05) is 6.08 Å². The lowest BCUT2D eigenvalue weighted by atomic mass is 10.2. The van der Waals surface area contributed by atoms with Crippen LogP contribution >= 0.6 is 0 Å². The summed E-state index contributed by atoms with van der Waals surface area (Å²) in [6, 6.07) is 12.2. The monoisotopic (exact) mass is 317 g/mol.